The van der Waals surface area contributed by atoms with Gasteiger partial charge in [-0.15, -0.1) is 11.3 Å². The molecule has 0 saturated heterocycles. The van der Waals surface area contributed by atoms with E-state index in [-0.39, 0.29) is 0 Å². The fraction of sp³-hybridized carbons (Fsp3) is 0.750. The van der Waals surface area contributed by atoms with Gasteiger partial charge in [-0.1, -0.05) is 6.92 Å². The van der Waals surface area contributed by atoms with E-state index < -0.39 is 11.7 Å². The molecule has 1 aromatic heterocycles. The summed E-state index contributed by atoms with van der Waals surface area (Å²) in [5.41, 5.74) is 0.579. The van der Waals surface area contributed by atoms with Crippen LogP contribution in [0.25, 0.3) is 0 Å². The van der Waals surface area contributed by atoms with Crippen LogP contribution in [0, 0.1) is 13.8 Å². The summed E-state index contributed by atoms with van der Waals surface area (Å²) >= 11 is 1.65. The molecule has 0 saturated carbocycles. The minimum Gasteiger partial charge on any atom is -0.390 e. The van der Waals surface area contributed by atoms with E-state index in [4.69, 9.17) is 4.74 Å². The van der Waals surface area contributed by atoms with Crippen LogP contribution in [0.3, 0.4) is 0 Å². The number of thiazole rings is 1. The average Bonchev–Trinajstić information content (AvgIpc) is 2.56. The van der Waals surface area contributed by atoms with Gasteiger partial charge in [0, 0.05) is 18.4 Å². The van der Waals surface area contributed by atoms with Gasteiger partial charge in [-0.25, -0.2) is 4.98 Å². The van der Waals surface area contributed by atoms with Crippen LogP contribution in [0.2, 0.25) is 0 Å². The second-order valence-electron chi connectivity index (χ2n) is 4.34. The van der Waals surface area contributed by atoms with Crippen LogP contribution in [0.15, 0.2) is 0 Å². The van der Waals surface area contributed by atoms with Crippen molar-refractivity contribution in [2.45, 2.75) is 52.2 Å². The molecule has 0 amide bonds. The molecule has 0 spiro atoms. The number of rotatable bonds is 5. The Morgan fingerprint density at radius 2 is 2.12 bits per heavy atom. The zero-order valence-corrected chi connectivity index (χ0v) is 11.5. The Balaban J connectivity index is 2.74. The van der Waals surface area contributed by atoms with Gasteiger partial charge in [0.25, 0.3) is 0 Å². The standard InChI is InChI=1S/C12H21NO2S/c1-6-12(4,15-5)10(14)7-11-13-8(2)9(3)16-11/h10,14H,6-7H2,1-5H3. The molecular formula is C12H21NO2S. The zero-order chi connectivity index (χ0) is 12.3. The van der Waals surface area contributed by atoms with Crippen molar-refractivity contribution in [3.05, 3.63) is 15.6 Å². The van der Waals surface area contributed by atoms with Crippen LogP contribution < -0.4 is 0 Å². The Morgan fingerprint density at radius 3 is 2.50 bits per heavy atom. The molecule has 1 rings (SSSR count). The van der Waals surface area contributed by atoms with Gasteiger partial charge in [-0.2, -0.15) is 0 Å². The van der Waals surface area contributed by atoms with Crippen molar-refractivity contribution < 1.29 is 9.84 Å². The molecule has 0 radical (unpaired) electrons. The molecule has 1 aromatic rings. The third-order valence-corrected chi connectivity index (χ3v) is 4.41. The van der Waals surface area contributed by atoms with E-state index in [1.165, 1.54) is 4.88 Å². The lowest BCUT2D eigenvalue weighted by atomic mass is 9.93. The van der Waals surface area contributed by atoms with E-state index in [0.717, 1.165) is 17.1 Å². The van der Waals surface area contributed by atoms with E-state index in [0.29, 0.717) is 6.42 Å². The molecule has 0 aliphatic carbocycles. The second kappa shape index (κ2) is 5.25. The van der Waals surface area contributed by atoms with Gasteiger partial charge in [-0.05, 0) is 27.2 Å². The molecule has 0 aliphatic heterocycles. The molecule has 1 heterocycles. The number of aliphatic hydroxyl groups is 1. The molecule has 0 bridgehead atoms. The summed E-state index contributed by atoms with van der Waals surface area (Å²) in [7, 11) is 1.64. The fourth-order valence-corrected chi connectivity index (χ4v) is 2.49. The Morgan fingerprint density at radius 1 is 1.50 bits per heavy atom. The maximum absolute atomic E-state index is 10.2. The number of hydrogen-bond acceptors (Lipinski definition) is 4. The van der Waals surface area contributed by atoms with Gasteiger partial charge in [0.2, 0.25) is 0 Å². The van der Waals surface area contributed by atoms with Crippen LogP contribution >= 0.6 is 11.3 Å². The Labute approximate surface area is 101 Å². The smallest absolute Gasteiger partial charge is 0.0957 e. The summed E-state index contributed by atoms with van der Waals surface area (Å²) in [5.74, 6) is 0. The second-order valence-corrected chi connectivity index (χ2v) is 5.63. The summed E-state index contributed by atoms with van der Waals surface area (Å²) in [6.45, 7) is 8.01. The van der Waals surface area contributed by atoms with Crippen LogP contribution in [-0.4, -0.2) is 28.9 Å². The zero-order valence-electron chi connectivity index (χ0n) is 10.7. The van der Waals surface area contributed by atoms with E-state index >= 15 is 0 Å². The first-order valence-electron chi connectivity index (χ1n) is 5.59. The monoisotopic (exact) mass is 243 g/mol. The first-order chi connectivity index (χ1) is 7.42. The van der Waals surface area contributed by atoms with Gasteiger partial charge >= 0.3 is 0 Å². The molecule has 4 heteroatoms. The van der Waals surface area contributed by atoms with Gasteiger partial charge < -0.3 is 9.84 Å². The van der Waals surface area contributed by atoms with E-state index in [9.17, 15) is 5.11 Å². The highest BCUT2D eigenvalue weighted by Crippen LogP contribution is 2.25. The predicted octanol–water partition coefficient (Wildman–Crippen LogP) is 2.48. The number of ether oxygens (including phenoxy) is 1. The molecule has 1 N–H and O–H groups in total. The quantitative estimate of drug-likeness (QED) is 0.864. The minimum atomic E-state index is -0.507. The molecular weight excluding hydrogens is 222 g/mol. The van der Waals surface area contributed by atoms with Crippen LogP contribution in [0.5, 0.6) is 0 Å². The fourth-order valence-electron chi connectivity index (χ4n) is 1.52. The number of aromatic nitrogens is 1. The third-order valence-electron chi connectivity index (χ3n) is 3.31. The largest absolute Gasteiger partial charge is 0.390 e. The molecule has 16 heavy (non-hydrogen) atoms. The Bertz CT molecular complexity index is 325. The van der Waals surface area contributed by atoms with Gasteiger partial charge in [0.1, 0.15) is 0 Å². The van der Waals surface area contributed by atoms with Crippen molar-refractivity contribution in [1.29, 1.82) is 0 Å². The van der Waals surface area contributed by atoms with E-state index in [2.05, 4.69) is 11.9 Å². The summed E-state index contributed by atoms with van der Waals surface area (Å²) in [6.07, 6.45) is 0.846. The summed E-state index contributed by atoms with van der Waals surface area (Å²) in [6, 6.07) is 0. The maximum Gasteiger partial charge on any atom is 0.0957 e. The van der Waals surface area contributed by atoms with Gasteiger partial charge in [-0.3, -0.25) is 0 Å². The Hall–Kier alpha value is -0.450. The molecule has 2 unspecified atom stereocenters. The average molecular weight is 243 g/mol. The van der Waals surface area contributed by atoms with Crippen LogP contribution in [0.1, 0.15) is 35.8 Å². The lowest BCUT2D eigenvalue weighted by Gasteiger charge is -2.31. The molecule has 92 valence electrons. The minimum absolute atomic E-state index is 0.479. The summed E-state index contributed by atoms with van der Waals surface area (Å²) in [4.78, 5) is 5.66. The summed E-state index contributed by atoms with van der Waals surface area (Å²) < 4.78 is 5.38. The number of aryl methyl sites for hydroxylation is 2. The molecule has 3 nitrogen and oxygen atoms in total. The first kappa shape index (κ1) is 13.6. The lowest BCUT2D eigenvalue weighted by Crippen LogP contribution is -2.41. The summed E-state index contributed by atoms with van der Waals surface area (Å²) in [5, 5.41) is 11.1. The normalized spacial score (nSPS) is 17.1. The van der Waals surface area contributed by atoms with Crippen molar-refractivity contribution >= 4 is 11.3 Å². The number of methoxy groups -OCH3 is 1. The van der Waals surface area contributed by atoms with E-state index in [1.54, 1.807) is 18.4 Å². The number of aliphatic hydroxyl groups excluding tert-OH is 1. The van der Waals surface area contributed by atoms with Crippen molar-refractivity contribution in [3.8, 4) is 0 Å². The van der Waals surface area contributed by atoms with Gasteiger partial charge in [0.05, 0.1) is 22.4 Å². The van der Waals surface area contributed by atoms with Gasteiger partial charge in [0.15, 0.2) is 0 Å². The molecule has 0 aromatic carbocycles. The molecule has 2 atom stereocenters. The van der Waals surface area contributed by atoms with Crippen molar-refractivity contribution in [2.24, 2.45) is 0 Å². The number of hydrogen-bond donors (Lipinski definition) is 1. The van der Waals surface area contributed by atoms with E-state index in [1.807, 2.05) is 20.8 Å². The van der Waals surface area contributed by atoms with Crippen molar-refractivity contribution in [1.82, 2.24) is 4.98 Å². The highest BCUT2D eigenvalue weighted by molar-refractivity contribution is 7.11. The van der Waals surface area contributed by atoms with Crippen molar-refractivity contribution in [2.75, 3.05) is 7.11 Å². The van der Waals surface area contributed by atoms with Crippen LogP contribution in [0.4, 0.5) is 0 Å². The number of nitrogens with zero attached hydrogens (tertiary/aromatic N) is 1. The molecule has 0 aliphatic rings. The lowest BCUT2D eigenvalue weighted by molar-refractivity contribution is -0.0914. The van der Waals surface area contributed by atoms with Crippen LogP contribution in [-0.2, 0) is 11.2 Å². The van der Waals surface area contributed by atoms with Crippen molar-refractivity contribution in [3.63, 3.8) is 0 Å². The topological polar surface area (TPSA) is 42.4 Å². The third kappa shape index (κ3) is 2.81. The highest BCUT2D eigenvalue weighted by atomic mass is 32.1. The predicted molar refractivity (Wildman–Crippen MR) is 67.0 cm³/mol. The molecule has 0 fully saturated rings. The first-order valence-corrected chi connectivity index (χ1v) is 6.40. The Kier molecular flexibility index (Phi) is 4.47. The highest BCUT2D eigenvalue weighted by Gasteiger charge is 2.31. The maximum atomic E-state index is 10.2. The SMILES string of the molecule is CCC(C)(OC)C(O)Cc1nc(C)c(C)s1.